The Morgan fingerprint density at radius 2 is 0.824 bits per heavy atom. The molecule has 10 heteroatoms. The molecule has 1 heterocycles. The highest BCUT2D eigenvalue weighted by Crippen LogP contribution is 2.38. The van der Waals surface area contributed by atoms with Crippen LogP contribution < -0.4 is 28.4 Å². The Kier molecular flexibility index (Phi) is 8.66. The van der Waals surface area contributed by atoms with E-state index in [0.29, 0.717) is 34.5 Å². The Morgan fingerprint density at radius 1 is 0.529 bits per heavy atom. The van der Waals surface area contributed by atoms with E-state index in [4.69, 9.17) is 28.4 Å². The van der Waals surface area contributed by atoms with Gasteiger partial charge >= 0.3 is 0 Å². The van der Waals surface area contributed by atoms with Gasteiger partial charge in [0, 0.05) is 11.1 Å². The molecule has 1 aliphatic rings. The van der Waals surface area contributed by atoms with Gasteiger partial charge in [0.2, 0.25) is 11.5 Å². The molecule has 0 saturated carbocycles. The van der Waals surface area contributed by atoms with Crippen LogP contribution in [0.2, 0.25) is 0 Å². The van der Waals surface area contributed by atoms with Gasteiger partial charge in [-0.25, -0.2) is 0 Å². The molecule has 0 bridgehead atoms. The lowest BCUT2D eigenvalue weighted by Gasteiger charge is -2.31. The number of benzene rings is 2. The van der Waals surface area contributed by atoms with Crippen molar-refractivity contribution in [2.75, 3.05) is 68.8 Å². The van der Waals surface area contributed by atoms with Gasteiger partial charge < -0.3 is 28.4 Å². The quantitative estimate of drug-likeness (QED) is 0.488. The van der Waals surface area contributed by atoms with Crippen molar-refractivity contribution in [1.82, 2.24) is 10.0 Å². The summed E-state index contributed by atoms with van der Waals surface area (Å²) in [5.41, 5.74) is 1.72. The molecule has 0 atom stereocenters. The summed E-state index contributed by atoms with van der Waals surface area (Å²) in [7, 11) is 9.54. The van der Waals surface area contributed by atoms with Crippen LogP contribution in [0.4, 0.5) is 0 Å². The maximum atomic E-state index is 5.41. The highest BCUT2D eigenvalue weighted by molar-refractivity contribution is 5.83. The van der Waals surface area contributed by atoms with E-state index in [-0.39, 0.29) is 0 Å². The van der Waals surface area contributed by atoms with Gasteiger partial charge in [0.15, 0.2) is 23.0 Å². The molecule has 34 heavy (non-hydrogen) atoms. The topological polar surface area (TPSA) is 86.6 Å². The Morgan fingerprint density at radius 3 is 1.06 bits per heavy atom. The summed E-state index contributed by atoms with van der Waals surface area (Å²) in [6, 6.07) is 7.46. The van der Waals surface area contributed by atoms with Gasteiger partial charge in [-0.05, 0) is 24.3 Å². The van der Waals surface area contributed by atoms with Crippen LogP contribution in [0.25, 0.3) is 0 Å². The SMILES string of the molecule is COc1cc(/C=N\N2CCN(/N=C/c3cc(OC)c(OC)c(OC)c3)CC2)cc(OC)c1OC. The number of piperazine rings is 1. The lowest BCUT2D eigenvalue weighted by Crippen LogP contribution is -2.41. The summed E-state index contributed by atoms with van der Waals surface area (Å²) < 4.78 is 32.4. The summed E-state index contributed by atoms with van der Waals surface area (Å²) in [6.45, 7) is 2.97. The van der Waals surface area contributed by atoms with Crippen LogP contribution >= 0.6 is 0 Å². The monoisotopic (exact) mass is 472 g/mol. The standard InChI is InChI=1S/C24H32N4O6/c1-29-19-11-17(12-20(30-2)23(19)33-5)15-25-27-7-9-28(10-8-27)26-16-18-13-21(31-3)24(34-6)22(14-18)32-4/h11-16H,7-10H2,1-6H3/b25-15-,26-16+. The van der Waals surface area contributed by atoms with Crippen molar-refractivity contribution in [3.8, 4) is 34.5 Å². The Labute approximate surface area is 200 Å². The molecular weight excluding hydrogens is 440 g/mol. The molecule has 0 unspecified atom stereocenters. The van der Waals surface area contributed by atoms with Gasteiger partial charge in [0.05, 0.1) is 81.3 Å². The maximum absolute atomic E-state index is 5.41. The van der Waals surface area contributed by atoms with Crippen molar-refractivity contribution in [3.05, 3.63) is 35.4 Å². The smallest absolute Gasteiger partial charge is 0.203 e. The summed E-state index contributed by atoms with van der Waals surface area (Å²) in [6.07, 6.45) is 3.58. The predicted octanol–water partition coefficient (Wildman–Crippen LogP) is 2.72. The van der Waals surface area contributed by atoms with Crippen LogP contribution in [0.3, 0.4) is 0 Å². The molecule has 2 aromatic rings. The molecule has 2 aromatic carbocycles. The Hall–Kier alpha value is -3.82. The fourth-order valence-electron chi connectivity index (χ4n) is 3.56. The molecular formula is C24H32N4O6. The highest BCUT2D eigenvalue weighted by Gasteiger charge is 2.16. The van der Waals surface area contributed by atoms with Crippen molar-refractivity contribution in [1.29, 1.82) is 0 Å². The molecule has 3 rings (SSSR count). The fourth-order valence-corrected chi connectivity index (χ4v) is 3.56. The van der Waals surface area contributed by atoms with E-state index < -0.39 is 0 Å². The zero-order valence-electron chi connectivity index (χ0n) is 20.5. The molecule has 0 aromatic heterocycles. The second kappa shape index (κ2) is 11.9. The lowest BCUT2D eigenvalue weighted by molar-refractivity contribution is 0.141. The minimum Gasteiger partial charge on any atom is -0.493 e. The molecule has 1 aliphatic heterocycles. The Bertz CT molecular complexity index is 887. The number of nitrogens with zero attached hydrogens (tertiary/aromatic N) is 4. The van der Waals surface area contributed by atoms with Crippen molar-refractivity contribution in [3.63, 3.8) is 0 Å². The van der Waals surface area contributed by atoms with E-state index in [2.05, 4.69) is 10.2 Å². The van der Waals surface area contributed by atoms with Crippen molar-refractivity contribution in [2.45, 2.75) is 0 Å². The van der Waals surface area contributed by atoms with Gasteiger partial charge in [0.1, 0.15) is 0 Å². The first-order valence-corrected chi connectivity index (χ1v) is 10.7. The van der Waals surface area contributed by atoms with Gasteiger partial charge in [-0.15, -0.1) is 0 Å². The van der Waals surface area contributed by atoms with Crippen LogP contribution in [-0.4, -0.2) is 91.3 Å². The first-order chi connectivity index (χ1) is 16.6. The second-order valence-electron chi connectivity index (χ2n) is 7.31. The number of hydrazone groups is 2. The van der Waals surface area contributed by atoms with E-state index in [0.717, 1.165) is 37.3 Å². The Balaban J connectivity index is 1.62. The zero-order valence-corrected chi connectivity index (χ0v) is 20.5. The minimum absolute atomic E-state index is 0.556. The van der Waals surface area contributed by atoms with Gasteiger partial charge in [-0.1, -0.05) is 0 Å². The molecule has 184 valence electrons. The van der Waals surface area contributed by atoms with E-state index in [1.807, 2.05) is 34.3 Å². The van der Waals surface area contributed by atoms with Crippen LogP contribution in [0.15, 0.2) is 34.5 Å². The number of rotatable bonds is 10. The van der Waals surface area contributed by atoms with Crippen molar-refractivity contribution in [2.24, 2.45) is 10.2 Å². The molecule has 0 N–H and O–H groups in total. The van der Waals surface area contributed by atoms with E-state index in [9.17, 15) is 0 Å². The third-order valence-corrected chi connectivity index (χ3v) is 5.35. The van der Waals surface area contributed by atoms with E-state index >= 15 is 0 Å². The third-order valence-electron chi connectivity index (χ3n) is 5.35. The fraction of sp³-hybridized carbons (Fsp3) is 0.417. The second-order valence-corrected chi connectivity index (χ2v) is 7.31. The van der Waals surface area contributed by atoms with Gasteiger partial charge in [-0.3, -0.25) is 10.0 Å². The summed E-state index contributed by atoms with van der Waals surface area (Å²) >= 11 is 0. The third kappa shape index (κ3) is 5.75. The number of methoxy groups -OCH3 is 6. The zero-order chi connectivity index (χ0) is 24.5. The van der Waals surface area contributed by atoms with E-state index in [1.54, 1.807) is 55.1 Å². The molecule has 0 radical (unpaired) electrons. The molecule has 0 aliphatic carbocycles. The van der Waals surface area contributed by atoms with Crippen LogP contribution in [0, 0.1) is 0 Å². The van der Waals surface area contributed by atoms with Crippen molar-refractivity contribution < 1.29 is 28.4 Å². The largest absolute Gasteiger partial charge is 0.493 e. The molecule has 1 fully saturated rings. The molecule has 10 nitrogen and oxygen atoms in total. The lowest BCUT2D eigenvalue weighted by atomic mass is 10.2. The molecule has 0 amide bonds. The maximum Gasteiger partial charge on any atom is 0.203 e. The van der Waals surface area contributed by atoms with Crippen molar-refractivity contribution >= 4 is 12.4 Å². The first kappa shape index (κ1) is 24.8. The summed E-state index contributed by atoms with van der Waals surface area (Å²) in [4.78, 5) is 0. The molecule has 0 spiro atoms. The summed E-state index contributed by atoms with van der Waals surface area (Å²) in [5.74, 6) is 3.48. The minimum atomic E-state index is 0.556. The van der Waals surface area contributed by atoms with Crippen LogP contribution in [0.1, 0.15) is 11.1 Å². The number of hydrogen-bond acceptors (Lipinski definition) is 10. The van der Waals surface area contributed by atoms with Gasteiger partial charge in [-0.2, -0.15) is 10.2 Å². The average molecular weight is 473 g/mol. The highest BCUT2D eigenvalue weighted by atomic mass is 16.5. The summed E-state index contributed by atoms with van der Waals surface area (Å²) in [5, 5.41) is 13.2. The van der Waals surface area contributed by atoms with Crippen LogP contribution in [-0.2, 0) is 0 Å². The van der Waals surface area contributed by atoms with Gasteiger partial charge in [0.25, 0.3) is 0 Å². The average Bonchev–Trinajstić information content (AvgIpc) is 2.89. The molecule has 1 saturated heterocycles. The normalized spacial score (nSPS) is 13.9. The van der Waals surface area contributed by atoms with E-state index in [1.165, 1.54) is 0 Å². The first-order valence-electron chi connectivity index (χ1n) is 10.7. The van der Waals surface area contributed by atoms with Crippen LogP contribution in [0.5, 0.6) is 34.5 Å². The predicted molar refractivity (Wildman–Crippen MR) is 131 cm³/mol. The number of ether oxygens (including phenoxy) is 6. The number of hydrogen-bond donors (Lipinski definition) is 0.